The molecule has 0 aliphatic heterocycles. The summed E-state index contributed by atoms with van der Waals surface area (Å²) in [5.74, 6) is -0.255. The highest BCUT2D eigenvalue weighted by Crippen LogP contribution is 2.16. The Labute approximate surface area is 192 Å². The number of carbonyl (C=O) groups excluding carboxylic acids is 2. The third kappa shape index (κ3) is 5.44. The summed E-state index contributed by atoms with van der Waals surface area (Å²) in [6, 6.07) is 19.2. The molecule has 4 rings (SSSR count). The van der Waals surface area contributed by atoms with Crippen LogP contribution in [0, 0.1) is 20.8 Å². The molecule has 2 amide bonds. The number of aromatic nitrogens is 3. The summed E-state index contributed by atoms with van der Waals surface area (Å²) < 4.78 is 1.68. The molecule has 0 radical (unpaired) electrons. The molecule has 33 heavy (non-hydrogen) atoms. The molecule has 7 heteroatoms. The Kier molecular flexibility index (Phi) is 6.49. The topological polar surface area (TPSA) is 88.9 Å². The van der Waals surface area contributed by atoms with Gasteiger partial charge in [0.2, 0.25) is 5.91 Å². The number of aryl methyl sites for hydroxylation is 4. The van der Waals surface area contributed by atoms with E-state index in [1.165, 1.54) is 0 Å². The van der Waals surface area contributed by atoms with Gasteiger partial charge in [-0.05, 0) is 62.2 Å². The van der Waals surface area contributed by atoms with Crippen LogP contribution in [0.2, 0.25) is 0 Å². The monoisotopic (exact) mass is 441 g/mol. The van der Waals surface area contributed by atoms with Crippen LogP contribution in [0.1, 0.15) is 39.0 Å². The van der Waals surface area contributed by atoms with E-state index in [1.54, 1.807) is 16.8 Å². The summed E-state index contributed by atoms with van der Waals surface area (Å²) in [6.07, 6.45) is 0.268. The molecule has 0 atom stereocenters. The molecule has 7 nitrogen and oxygen atoms in total. The zero-order chi connectivity index (χ0) is 23.4. The fourth-order valence-corrected chi connectivity index (χ4v) is 3.61. The maximum Gasteiger partial charge on any atom is 0.251 e. The van der Waals surface area contributed by atoms with Gasteiger partial charge in [-0.25, -0.2) is 4.68 Å². The minimum atomic E-state index is -0.162. The van der Waals surface area contributed by atoms with Gasteiger partial charge in [0.15, 0.2) is 0 Å². The summed E-state index contributed by atoms with van der Waals surface area (Å²) in [4.78, 5) is 24.9. The van der Waals surface area contributed by atoms with E-state index in [4.69, 9.17) is 0 Å². The first-order valence-corrected chi connectivity index (χ1v) is 10.9. The first kappa shape index (κ1) is 22.2. The molecule has 1 aromatic heterocycles. The molecule has 4 aromatic rings. The molecule has 0 spiro atoms. The van der Waals surface area contributed by atoms with Crippen LogP contribution in [0.3, 0.4) is 0 Å². The molecular weight excluding hydrogens is 414 g/mol. The quantitative estimate of drug-likeness (QED) is 0.447. The van der Waals surface area contributed by atoms with Gasteiger partial charge in [-0.3, -0.25) is 9.59 Å². The van der Waals surface area contributed by atoms with Gasteiger partial charge in [-0.2, -0.15) is 0 Å². The second-order valence-electron chi connectivity index (χ2n) is 8.29. The standard InChI is InChI=1S/C26H27N5O2/c1-17-5-9-22(10-6-17)28-25(32)12-13-31-24-11-8-20(15-23(24)29-30-31)26(33)27-16-21-14-18(2)4-7-19(21)3/h4-11,14-15H,12-13,16H2,1-3H3,(H,27,33)(H,28,32). The summed E-state index contributed by atoms with van der Waals surface area (Å²) in [6.45, 7) is 6.93. The second-order valence-corrected chi connectivity index (χ2v) is 8.29. The Morgan fingerprint density at radius 1 is 0.909 bits per heavy atom. The second kappa shape index (κ2) is 9.65. The van der Waals surface area contributed by atoms with Crippen molar-refractivity contribution < 1.29 is 9.59 Å². The SMILES string of the molecule is Cc1ccc(NC(=O)CCn2nnc3cc(C(=O)NCc4cc(C)ccc4C)ccc32)cc1. The molecule has 0 saturated heterocycles. The number of carbonyl (C=O) groups is 2. The van der Waals surface area contributed by atoms with E-state index in [2.05, 4.69) is 39.1 Å². The van der Waals surface area contributed by atoms with Crippen molar-refractivity contribution in [2.24, 2.45) is 0 Å². The zero-order valence-corrected chi connectivity index (χ0v) is 19.1. The molecule has 0 aliphatic rings. The minimum absolute atomic E-state index is 0.0926. The van der Waals surface area contributed by atoms with Crippen molar-refractivity contribution in [3.63, 3.8) is 0 Å². The smallest absolute Gasteiger partial charge is 0.251 e. The van der Waals surface area contributed by atoms with Gasteiger partial charge in [0.25, 0.3) is 5.91 Å². The molecule has 0 aliphatic carbocycles. The predicted molar refractivity (Wildman–Crippen MR) is 129 cm³/mol. The molecule has 2 N–H and O–H groups in total. The molecule has 3 aromatic carbocycles. The van der Waals surface area contributed by atoms with Gasteiger partial charge in [0, 0.05) is 24.2 Å². The van der Waals surface area contributed by atoms with E-state index in [0.717, 1.165) is 33.5 Å². The number of hydrogen-bond donors (Lipinski definition) is 2. The highest BCUT2D eigenvalue weighted by Gasteiger charge is 2.12. The number of fused-ring (bicyclic) bond motifs is 1. The van der Waals surface area contributed by atoms with Crippen molar-refractivity contribution in [3.8, 4) is 0 Å². The van der Waals surface area contributed by atoms with E-state index in [-0.39, 0.29) is 18.2 Å². The lowest BCUT2D eigenvalue weighted by molar-refractivity contribution is -0.116. The summed E-state index contributed by atoms with van der Waals surface area (Å²) in [5, 5.41) is 14.2. The maximum atomic E-state index is 12.7. The van der Waals surface area contributed by atoms with Crippen molar-refractivity contribution in [1.82, 2.24) is 20.3 Å². The van der Waals surface area contributed by atoms with Crippen LogP contribution in [0.15, 0.2) is 60.7 Å². The lowest BCUT2D eigenvalue weighted by Crippen LogP contribution is -2.23. The van der Waals surface area contributed by atoms with E-state index in [1.807, 2.05) is 51.1 Å². The van der Waals surface area contributed by atoms with Gasteiger partial charge in [-0.15, -0.1) is 5.10 Å². The van der Waals surface area contributed by atoms with Crippen molar-refractivity contribution in [2.45, 2.75) is 40.3 Å². The number of benzene rings is 3. The van der Waals surface area contributed by atoms with Gasteiger partial charge in [0.1, 0.15) is 5.52 Å². The van der Waals surface area contributed by atoms with Crippen molar-refractivity contribution in [3.05, 3.63) is 88.5 Å². The predicted octanol–water partition coefficient (Wildman–Crippen LogP) is 4.32. The van der Waals surface area contributed by atoms with Gasteiger partial charge in [-0.1, -0.05) is 46.7 Å². The van der Waals surface area contributed by atoms with Crippen LogP contribution >= 0.6 is 0 Å². The average molecular weight is 442 g/mol. The molecule has 0 saturated carbocycles. The Balaban J connectivity index is 1.37. The van der Waals surface area contributed by atoms with Crippen LogP contribution in [0.5, 0.6) is 0 Å². The summed E-state index contributed by atoms with van der Waals surface area (Å²) in [5.41, 5.74) is 7.24. The Hall–Kier alpha value is -4.00. The first-order valence-electron chi connectivity index (χ1n) is 10.9. The molecule has 0 unspecified atom stereocenters. The van der Waals surface area contributed by atoms with Crippen LogP contribution in [-0.2, 0) is 17.9 Å². The highest BCUT2D eigenvalue weighted by molar-refractivity contribution is 5.97. The number of amides is 2. The first-order chi connectivity index (χ1) is 15.9. The lowest BCUT2D eigenvalue weighted by atomic mass is 10.1. The van der Waals surface area contributed by atoms with Crippen LogP contribution in [-0.4, -0.2) is 26.8 Å². The molecule has 0 fully saturated rings. The number of nitrogens with zero attached hydrogens (tertiary/aromatic N) is 3. The molecule has 1 heterocycles. The summed E-state index contributed by atoms with van der Waals surface area (Å²) in [7, 11) is 0. The van der Waals surface area contributed by atoms with E-state index in [0.29, 0.717) is 24.2 Å². The van der Waals surface area contributed by atoms with Crippen LogP contribution < -0.4 is 10.6 Å². The average Bonchev–Trinajstić information content (AvgIpc) is 3.22. The largest absolute Gasteiger partial charge is 0.348 e. The Morgan fingerprint density at radius 3 is 2.45 bits per heavy atom. The van der Waals surface area contributed by atoms with E-state index >= 15 is 0 Å². The van der Waals surface area contributed by atoms with Crippen molar-refractivity contribution in [2.75, 3.05) is 5.32 Å². The van der Waals surface area contributed by atoms with Gasteiger partial charge in [0.05, 0.1) is 12.1 Å². The Bertz CT molecular complexity index is 1310. The molecular formula is C26H27N5O2. The highest BCUT2D eigenvalue weighted by atomic mass is 16.2. The Morgan fingerprint density at radius 2 is 1.67 bits per heavy atom. The van der Waals surface area contributed by atoms with E-state index < -0.39 is 0 Å². The maximum absolute atomic E-state index is 12.7. The van der Waals surface area contributed by atoms with Gasteiger partial charge >= 0.3 is 0 Å². The third-order valence-corrected chi connectivity index (χ3v) is 5.61. The fourth-order valence-electron chi connectivity index (χ4n) is 3.61. The number of nitrogens with one attached hydrogen (secondary N) is 2. The number of anilines is 1. The molecule has 0 bridgehead atoms. The van der Waals surface area contributed by atoms with Crippen LogP contribution in [0.4, 0.5) is 5.69 Å². The van der Waals surface area contributed by atoms with Crippen molar-refractivity contribution in [1.29, 1.82) is 0 Å². The number of rotatable bonds is 7. The van der Waals surface area contributed by atoms with Crippen molar-refractivity contribution >= 4 is 28.5 Å². The zero-order valence-electron chi connectivity index (χ0n) is 19.1. The van der Waals surface area contributed by atoms with Gasteiger partial charge < -0.3 is 10.6 Å². The van der Waals surface area contributed by atoms with Crippen LogP contribution in [0.25, 0.3) is 11.0 Å². The fraction of sp³-hybridized carbons (Fsp3) is 0.231. The summed E-state index contributed by atoms with van der Waals surface area (Å²) >= 11 is 0. The lowest BCUT2D eigenvalue weighted by Gasteiger charge is -2.09. The van der Waals surface area contributed by atoms with E-state index in [9.17, 15) is 9.59 Å². The molecule has 168 valence electrons. The minimum Gasteiger partial charge on any atom is -0.348 e. The normalized spacial score (nSPS) is 10.9. The third-order valence-electron chi connectivity index (χ3n) is 5.61. The number of hydrogen-bond acceptors (Lipinski definition) is 4.